The molecule has 2 aliphatic heterocycles. The van der Waals surface area contributed by atoms with E-state index >= 15 is 0 Å². The van der Waals surface area contributed by atoms with Crippen LogP contribution >= 0.6 is 0 Å². The van der Waals surface area contributed by atoms with Crippen molar-refractivity contribution in [2.24, 2.45) is 5.92 Å². The third-order valence-corrected chi connectivity index (χ3v) is 4.20. The molecule has 0 spiro atoms. The van der Waals surface area contributed by atoms with Gasteiger partial charge in [-0.3, -0.25) is 19.8 Å². The molecule has 2 N–H and O–H groups in total. The van der Waals surface area contributed by atoms with Gasteiger partial charge in [-0.2, -0.15) is 0 Å². The van der Waals surface area contributed by atoms with Gasteiger partial charge in [0.25, 0.3) is 0 Å². The summed E-state index contributed by atoms with van der Waals surface area (Å²) >= 11 is 0. The quantitative estimate of drug-likeness (QED) is 0.701. The molecule has 2 amide bonds. The van der Waals surface area contributed by atoms with E-state index < -0.39 is 5.54 Å². The van der Waals surface area contributed by atoms with Gasteiger partial charge >= 0.3 is 0 Å². The second kappa shape index (κ2) is 5.36. The fourth-order valence-corrected chi connectivity index (χ4v) is 2.70. The summed E-state index contributed by atoms with van der Waals surface area (Å²) in [5.74, 6) is 0.371. The fraction of sp³-hybridized carbons (Fsp3) is 0.846. The zero-order chi connectivity index (χ0) is 13.2. The molecule has 0 aromatic rings. The number of piperidine rings is 1. The third kappa shape index (κ3) is 2.90. The molecule has 2 heterocycles. The van der Waals surface area contributed by atoms with Crippen LogP contribution in [-0.4, -0.2) is 48.4 Å². The molecule has 0 aliphatic carbocycles. The van der Waals surface area contributed by atoms with Crippen LogP contribution in [0, 0.1) is 5.92 Å². The van der Waals surface area contributed by atoms with Crippen LogP contribution in [0.25, 0.3) is 0 Å². The molecule has 2 aliphatic rings. The lowest BCUT2D eigenvalue weighted by molar-refractivity contribution is -0.145. The van der Waals surface area contributed by atoms with Crippen molar-refractivity contribution in [2.45, 2.75) is 38.6 Å². The maximum Gasteiger partial charge on any atom is 0.246 e. The molecule has 0 bridgehead atoms. The van der Waals surface area contributed by atoms with E-state index in [4.69, 9.17) is 0 Å². The van der Waals surface area contributed by atoms with Crippen molar-refractivity contribution in [1.29, 1.82) is 0 Å². The van der Waals surface area contributed by atoms with Crippen molar-refractivity contribution in [3.05, 3.63) is 0 Å². The Labute approximate surface area is 108 Å². The SMILES string of the molecule is CC1(C)C(=O)NC(=O)CN1CCC1CCNCC1. The molecular formula is C13H23N3O2. The van der Waals surface area contributed by atoms with Gasteiger partial charge in [0, 0.05) is 0 Å². The van der Waals surface area contributed by atoms with Crippen LogP contribution in [0.15, 0.2) is 0 Å². The van der Waals surface area contributed by atoms with Crippen molar-refractivity contribution >= 4 is 11.8 Å². The molecule has 0 unspecified atom stereocenters. The van der Waals surface area contributed by atoms with Crippen LogP contribution in [0.5, 0.6) is 0 Å². The first-order valence-corrected chi connectivity index (χ1v) is 6.80. The minimum absolute atomic E-state index is 0.176. The Morgan fingerprint density at radius 3 is 2.61 bits per heavy atom. The maximum absolute atomic E-state index is 11.8. The molecule has 18 heavy (non-hydrogen) atoms. The van der Waals surface area contributed by atoms with Gasteiger partial charge in [0.05, 0.1) is 12.1 Å². The number of carbonyl (C=O) groups is 2. The predicted octanol–water partition coefficient (Wildman–Crippen LogP) is 0.113. The Hall–Kier alpha value is -0.940. The summed E-state index contributed by atoms with van der Waals surface area (Å²) < 4.78 is 0. The molecule has 0 aromatic heterocycles. The summed E-state index contributed by atoms with van der Waals surface area (Å²) in [4.78, 5) is 25.3. The molecule has 0 radical (unpaired) electrons. The van der Waals surface area contributed by atoms with Gasteiger partial charge < -0.3 is 5.32 Å². The molecule has 5 nitrogen and oxygen atoms in total. The van der Waals surface area contributed by atoms with Gasteiger partial charge in [0.15, 0.2) is 0 Å². The number of amides is 2. The van der Waals surface area contributed by atoms with E-state index in [1.54, 1.807) is 0 Å². The number of carbonyl (C=O) groups excluding carboxylic acids is 2. The minimum atomic E-state index is -0.569. The maximum atomic E-state index is 11.8. The van der Waals surface area contributed by atoms with Gasteiger partial charge in [0.2, 0.25) is 11.8 Å². The van der Waals surface area contributed by atoms with E-state index in [0.29, 0.717) is 6.54 Å². The fourth-order valence-electron chi connectivity index (χ4n) is 2.70. The number of nitrogens with zero attached hydrogens (tertiary/aromatic N) is 1. The van der Waals surface area contributed by atoms with Crippen molar-refractivity contribution in [3.8, 4) is 0 Å². The number of piperazine rings is 1. The Balaban J connectivity index is 1.89. The largest absolute Gasteiger partial charge is 0.317 e. The van der Waals surface area contributed by atoms with E-state index in [1.165, 1.54) is 12.8 Å². The second-order valence-electron chi connectivity index (χ2n) is 5.84. The molecular weight excluding hydrogens is 230 g/mol. The summed E-state index contributed by atoms with van der Waals surface area (Å²) in [6.45, 7) is 7.12. The number of hydrogen-bond donors (Lipinski definition) is 2. The van der Waals surface area contributed by atoms with Crippen LogP contribution in [0.2, 0.25) is 0 Å². The molecule has 0 atom stereocenters. The smallest absolute Gasteiger partial charge is 0.246 e. The highest BCUT2D eigenvalue weighted by atomic mass is 16.2. The number of rotatable bonds is 3. The second-order valence-corrected chi connectivity index (χ2v) is 5.84. The average Bonchev–Trinajstić information content (AvgIpc) is 2.34. The summed E-state index contributed by atoms with van der Waals surface area (Å²) in [5.41, 5.74) is -0.569. The third-order valence-electron chi connectivity index (χ3n) is 4.20. The van der Waals surface area contributed by atoms with Gasteiger partial charge in [-0.1, -0.05) is 0 Å². The number of nitrogens with one attached hydrogen (secondary N) is 2. The lowest BCUT2D eigenvalue weighted by Gasteiger charge is -2.40. The van der Waals surface area contributed by atoms with Crippen LogP contribution in [-0.2, 0) is 9.59 Å². The minimum Gasteiger partial charge on any atom is -0.317 e. The van der Waals surface area contributed by atoms with E-state index in [9.17, 15) is 9.59 Å². The predicted molar refractivity (Wildman–Crippen MR) is 69.0 cm³/mol. The molecule has 102 valence electrons. The average molecular weight is 253 g/mol. The molecule has 2 saturated heterocycles. The van der Waals surface area contributed by atoms with Crippen LogP contribution in [0.1, 0.15) is 33.1 Å². The summed E-state index contributed by atoms with van der Waals surface area (Å²) in [6, 6.07) is 0. The molecule has 2 rings (SSSR count). The Bertz CT molecular complexity index is 335. The van der Waals surface area contributed by atoms with Gasteiger partial charge in [-0.25, -0.2) is 0 Å². The van der Waals surface area contributed by atoms with Gasteiger partial charge in [0.1, 0.15) is 0 Å². The van der Waals surface area contributed by atoms with E-state index in [1.807, 2.05) is 18.7 Å². The van der Waals surface area contributed by atoms with Crippen molar-refractivity contribution in [3.63, 3.8) is 0 Å². The molecule has 0 saturated carbocycles. The van der Waals surface area contributed by atoms with E-state index in [0.717, 1.165) is 32.0 Å². The van der Waals surface area contributed by atoms with Crippen molar-refractivity contribution in [1.82, 2.24) is 15.5 Å². The Morgan fingerprint density at radius 2 is 1.94 bits per heavy atom. The lowest BCUT2D eigenvalue weighted by atomic mass is 9.92. The highest BCUT2D eigenvalue weighted by Crippen LogP contribution is 2.22. The standard InChI is InChI=1S/C13H23N3O2/c1-13(2)12(18)15-11(17)9-16(13)8-5-10-3-6-14-7-4-10/h10,14H,3-9H2,1-2H3,(H,15,17,18). The van der Waals surface area contributed by atoms with E-state index in [-0.39, 0.29) is 11.8 Å². The summed E-state index contributed by atoms with van der Waals surface area (Å²) in [6.07, 6.45) is 3.48. The summed E-state index contributed by atoms with van der Waals surface area (Å²) in [5, 5.41) is 5.76. The first-order valence-electron chi connectivity index (χ1n) is 6.80. The summed E-state index contributed by atoms with van der Waals surface area (Å²) in [7, 11) is 0. The normalized spacial score (nSPS) is 26.1. The number of hydrogen-bond acceptors (Lipinski definition) is 4. The van der Waals surface area contributed by atoms with Gasteiger partial charge in [-0.05, 0) is 58.7 Å². The van der Waals surface area contributed by atoms with Crippen LogP contribution in [0.3, 0.4) is 0 Å². The highest BCUT2D eigenvalue weighted by molar-refractivity contribution is 6.02. The first-order chi connectivity index (χ1) is 8.50. The Morgan fingerprint density at radius 1 is 1.28 bits per heavy atom. The zero-order valence-corrected chi connectivity index (χ0v) is 11.3. The zero-order valence-electron chi connectivity index (χ0n) is 11.3. The Kier molecular flexibility index (Phi) is 4.02. The van der Waals surface area contributed by atoms with Crippen molar-refractivity contribution < 1.29 is 9.59 Å². The first kappa shape index (κ1) is 13.5. The molecule has 5 heteroatoms. The van der Waals surface area contributed by atoms with Gasteiger partial charge in [-0.15, -0.1) is 0 Å². The number of imide groups is 1. The molecule has 2 fully saturated rings. The highest BCUT2D eigenvalue weighted by Gasteiger charge is 2.40. The van der Waals surface area contributed by atoms with Crippen LogP contribution in [0.4, 0.5) is 0 Å². The molecule has 0 aromatic carbocycles. The monoisotopic (exact) mass is 253 g/mol. The van der Waals surface area contributed by atoms with Crippen molar-refractivity contribution in [2.75, 3.05) is 26.2 Å². The topological polar surface area (TPSA) is 61.4 Å². The van der Waals surface area contributed by atoms with E-state index in [2.05, 4.69) is 10.6 Å². The van der Waals surface area contributed by atoms with Crippen LogP contribution < -0.4 is 10.6 Å². The lowest BCUT2D eigenvalue weighted by Crippen LogP contribution is -2.64.